The molecule has 5 aliphatic rings. The van der Waals surface area contributed by atoms with Crippen LogP contribution < -0.4 is 0 Å². The Bertz CT molecular complexity index is 818. The zero-order chi connectivity index (χ0) is 26.7. The maximum atomic E-state index is 11.6. The normalized spacial score (nSPS) is 43.2. The molecule has 5 fully saturated rings. The van der Waals surface area contributed by atoms with Gasteiger partial charge in [0.05, 0.1) is 56.6 Å². The van der Waals surface area contributed by atoms with E-state index in [4.69, 9.17) is 42.6 Å². The highest BCUT2D eigenvalue weighted by atomic mass is 127. The molecule has 1 unspecified atom stereocenters. The zero-order valence-electron chi connectivity index (χ0n) is 22.5. The van der Waals surface area contributed by atoms with Crippen LogP contribution in [0.1, 0.15) is 58.8 Å². The number of alkyl halides is 1. The van der Waals surface area contributed by atoms with E-state index < -0.39 is 11.8 Å². The number of esters is 1. The van der Waals surface area contributed by atoms with Gasteiger partial charge in [0.2, 0.25) is 0 Å². The minimum atomic E-state index is -0.611. The predicted octanol–water partition coefficient (Wildman–Crippen LogP) is 3.42. The molecule has 216 valence electrons. The summed E-state index contributed by atoms with van der Waals surface area (Å²) in [5, 5.41) is 0. The van der Waals surface area contributed by atoms with E-state index >= 15 is 0 Å². The second kappa shape index (κ2) is 13.0. The van der Waals surface area contributed by atoms with Crippen molar-refractivity contribution in [2.75, 3.05) is 24.8 Å². The highest BCUT2D eigenvalue weighted by Crippen LogP contribution is 2.40. The summed E-state index contributed by atoms with van der Waals surface area (Å²) >= 11 is 2.32. The highest BCUT2D eigenvalue weighted by Gasteiger charge is 2.51. The van der Waals surface area contributed by atoms with E-state index in [1.54, 1.807) is 0 Å². The van der Waals surface area contributed by atoms with Crippen molar-refractivity contribution < 1.29 is 47.4 Å². The van der Waals surface area contributed by atoms with Gasteiger partial charge in [0.25, 0.3) is 0 Å². The summed E-state index contributed by atoms with van der Waals surface area (Å²) < 4.78 is 56.1. The Morgan fingerprint density at radius 2 is 1.82 bits per heavy atom. The van der Waals surface area contributed by atoms with Crippen LogP contribution in [-0.4, -0.2) is 97.7 Å². The van der Waals surface area contributed by atoms with Crippen molar-refractivity contribution in [1.29, 1.82) is 0 Å². The topological polar surface area (TPSA) is 100 Å². The molecule has 5 aliphatic heterocycles. The molecule has 10 nitrogen and oxygen atoms in total. The van der Waals surface area contributed by atoms with Gasteiger partial charge >= 0.3 is 5.97 Å². The lowest BCUT2D eigenvalue weighted by Gasteiger charge is -2.44. The van der Waals surface area contributed by atoms with E-state index in [2.05, 4.69) is 22.6 Å². The van der Waals surface area contributed by atoms with Crippen LogP contribution in [0.15, 0.2) is 12.3 Å². The predicted molar refractivity (Wildman–Crippen MR) is 143 cm³/mol. The fourth-order valence-electron chi connectivity index (χ4n) is 6.05. The lowest BCUT2D eigenvalue weighted by molar-refractivity contribution is -0.318. The lowest BCUT2D eigenvalue weighted by Crippen LogP contribution is -2.55. The summed E-state index contributed by atoms with van der Waals surface area (Å²) in [5.41, 5.74) is 0. The van der Waals surface area contributed by atoms with E-state index in [0.717, 1.165) is 32.1 Å². The fraction of sp³-hybridized carbons (Fsp3) is 0.889. The van der Waals surface area contributed by atoms with E-state index in [1.807, 2.05) is 13.8 Å². The van der Waals surface area contributed by atoms with E-state index in [0.29, 0.717) is 30.5 Å². The van der Waals surface area contributed by atoms with Crippen LogP contribution in [0.25, 0.3) is 0 Å². The molecule has 38 heavy (non-hydrogen) atoms. The van der Waals surface area contributed by atoms with Crippen molar-refractivity contribution in [3.63, 3.8) is 0 Å². The molecule has 0 saturated carbocycles. The third-order valence-electron chi connectivity index (χ3n) is 7.98. The van der Waals surface area contributed by atoms with Gasteiger partial charge in [-0.25, -0.2) is 4.79 Å². The first-order chi connectivity index (χ1) is 18.3. The van der Waals surface area contributed by atoms with Crippen molar-refractivity contribution in [3.05, 3.63) is 12.3 Å². The summed E-state index contributed by atoms with van der Waals surface area (Å²) in [6, 6.07) is 0. The second-order valence-electron chi connectivity index (χ2n) is 11.1. The number of ether oxygens (including phenoxy) is 9. The van der Waals surface area contributed by atoms with Crippen molar-refractivity contribution in [3.8, 4) is 0 Å². The molecule has 5 saturated heterocycles. The Kier molecular flexibility index (Phi) is 9.89. The molecule has 5 heterocycles. The molecule has 0 spiro atoms. The molecule has 0 aromatic heterocycles. The molecule has 0 aromatic rings. The number of rotatable bonds is 6. The Balaban J connectivity index is 1.34. The summed E-state index contributed by atoms with van der Waals surface area (Å²) in [5.74, 6) is -1.08. The average molecular weight is 653 g/mol. The molecule has 0 aliphatic carbocycles. The molecule has 0 aromatic carbocycles. The van der Waals surface area contributed by atoms with Crippen LogP contribution in [0.5, 0.6) is 0 Å². The molecule has 11 heteroatoms. The number of fused-ring (bicyclic) bond motifs is 3. The largest absolute Gasteiger partial charge is 0.495 e. The van der Waals surface area contributed by atoms with Gasteiger partial charge in [-0.3, -0.25) is 0 Å². The van der Waals surface area contributed by atoms with Gasteiger partial charge in [0.1, 0.15) is 24.4 Å². The van der Waals surface area contributed by atoms with E-state index in [1.165, 1.54) is 19.4 Å². The Morgan fingerprint density at radius 3 is 2.58 bits per heavy atom. The smallest absolute Gasteiger partial charge is 0.333 e. The standard InChI is InChI=1S/C27H41IO10/c1-27(2)33-15-23-17(38-27)8-7-16-19(34-23)13-20-26(37-16)21(36-25-6-4-5-10-32-25)12-18(22(14-28)35-20)31-11-9-24(29)30-3/h9,11,16-23,25-26H,4-8,10,12-15H2,1-3H3/b11-9+/t16-,17+,18-,19+,20-,21+,22+,23-,25?,26-/m1/s1. The van der Waals surface area contributed by atoms with Gasteiger partial charge in [0.15, 0.2) is 12.1 Å². The number of hydrogen-bond donors (Lipinski definition) is 0. The van der Waals surface area contributed by atoms with Gasteiger partial charge in [-0.2, -0.15) is 0 Å². The number of methoxy groups -OCH3 is 1. The van der Waals surface area contributed by atoms with Crippen molar-refractivity contribution in [2.24, 2.45) is 0 Å². The first kappa shape index (κ1) is 29.0. The fourth-order valence-corrected chi connectivity index (χ4v) is 6.83. The van der Waals surface area contributed by atoms with Crippen molar-refractivity contribution in [2.45, 2.75) is 126 Å². The van der Waals surface area contributed by atoms with E-state index in [9.17, 15) is 4.79 Å². The van der Waals surface area contributed by atoms with Crippen LogP contribution in [-0.2, 0) is 47.4 Å². The SMILES string of the molecule is COC(=O)/C=C/O[C@@H]1C[C@H](OC2CCCCO2)[C@@H]2O[C@@H]3CC[C@@H]4OC(C)(C)OC[C@H]4O[C@H]3C[C@H]2O[C@H]1CI. The Hall–Kier alpha value is -0.540. The minimum absolute atomic E-state index is 0.0252. The Labute approximate surface area is 238 Å². The monoisotopic (exact) mass is 652 g/mol. The summed E-state index contributed by atoms with van der Waals surface area (Å²) in [7, 11) is 1.34. The van der Waals surface area contributed by atoms with Gasteiger partial charge in [-0.1, -0.05) is 22.6 Å². The van der Waals surface area contributed by atoms with Gasteiger partial charge in [-0.15, -0.1) is 0 Å². The number of hydrogen-bond acceptors (Lipinski definition) is 10. The molecule has 0 N–H and O–H groups in total. The van der Waals surface area contributed by atoms with Crippen LogP contribution >= 0.6 is 22.6 Å². The van der Waals surface area contributed by atoms with Gasteiger partial charge in [-0.05, 0) is 46.0 Å². The van der Waals surface area contributed by atoms with Crippen LogP contribution in [0.4, 0.5) is 0 Å². The van der Waals surface area contributed by atoms with Crippen LogP contribution in [0.3, 0.4) is 0 Å². The van der Waals surface area contributed by atoms with Crippen LogP contribution in [0, 0.1) is 0 Å². The molecular formula is C27H41IO10. The Morgan fingerprint density at radius 1 is 0.974 bits per heavy atom. The third kappa shape index (κ3) is 7.02. The molecule has 0 amide bonds. The van der Waals surface area contributed by atoms with E-state index in [-0.39, 0.29) is 61.2 Å². The van der Waals surface area contributed by atoms with Gasteiger partial charge in [0, 0.05) is 23.9 Å². The third-order valence-corrected chi connectivity index (χ3v) is 8.85. The maximum absolute atomic E-state index is 11.6. The minimum Gasteiger partial charge on any atom is -0.495 e. The highest BCUT2D eigenvalue weighted by molar-refractivity contribution is 14.1. The quantitative estimate of drug-likeness (QED) is 0.140. The zero-order valence-corrected chi connectivity index (χ0v) is 24.6. The number of carbonyl (C=O) groups excluding carboxylic acids is 1. The van der Waals surface area contributed by atoms with Gasteiger partial charge < -0.3 is 42.6 Å². The molecule has 0 radical (unpaired) electrons. The first-order valence-corrected chi connectivity index (χ1v) is 15.4. The summed E-state index contributed by atoms with van der Waals surface area (Å²) in [6.45, 7) is 5.09. The lowest BCUT2D eigenvalue weighted by atomic mass is 9.91. The first-order valence-electron chi connectivity index (χ1n) is 13.9. The summed E-state index contributed by atoms with van der Waals surface area (Å²) in [4.78, 5) is 11.6. The number of carbonyl (C=O) groups is 1. The molecule has 5 rings (SSSR count). The molecule has 0 bridgehead atoms. The van der Waals surface area contributed by atoms with Crippen molar-refractivity contribution >= 4 is 28.6 Å². The van der Waals surface area contributed by atoms with Crippen molar-refractivity contribution in [1.82, 2.24) is 0 Å². The van der Waals surface area contributed by atoms with Crippen LogP contribution in [0.2, 0.25) is 0 Å². The average Bonchev–Trinajstić information content (AvgIpc) is 3.16. The molecular weight excluding hydrogens is 611 g/mol. The maximum Gasteiger partial charge on any atom is 0.333 e. The molecule has 10 atom stereocenters. The number of halogens is 1. The second-order valence-corrected chi connectivity index (χ2v) is 12.0. The summed E-state index contributed by atoms with van der Waals surface area (Å²) in [6.07, 6.45) is 6.52.